The summed E-state index contributed by atoms with van der Waals surface area (Å²) in [4.78, 5) is 12.6. The summed E-state index contributed by atoms with van der Waals surface area (Å²) < 4.78 is 27.2. The largest absolute Gasteiger partial charge is 0.326 e. The Morgan fingerprint density at radius 2 is 1.79 bits per heavy atom. The zero-order valence-corrected chi connectivity index (χ0v) is 17.8. The van der Waals surface area contributed by atoms with E-state index in [0.717, 1.165) is 5.56 Å². The average Bonchev–Trinajstić information content (AvgIpc) is 2.67. The Morgan fingerprint density at radius 1 is 1.14 bits per heavy atom. The van der Waals surface area contributed by atoms with Gasteiger partial charge in [-0.25, -0.2) is 12.7 Å². The number of halogens is 2. The summed E-state index contributed by atoms with van der Waals surface area (Å²) in [6.45, 7) is 2.52. The van der Waals surface area contributed by atoms with Crippen molar-refractivity contribution in [1.29, 1.82) is 0 Å². The minimum Gasteiger partial charge on any atom is -0.326 e. The summed E-state index contributed by atoms with van der Waals surface area (Å²) in [5.41, 5.74) is 2.20. The van der Waals surface area contributed by atoms with Crippen molar-refractivity contribution in [2.24, 2.45) is 5.92 Å². The van der Waals surface area contributed by atoms with Crippen molar-refractivity contribution < 1.29 is 13.2 Å². The molecular formula is C20H22Cl2N2O3S. The molecule has 0 bridgehead atoms. The van der Waals surface area contributed by atoms with Gasteiger partial charge in [0.2, 0.25) is 15.9 Å². The first kappa shape index (κ1) is 21.1. The van der Waals surface area contributed by atoms with Crippen LogP contribution in [0.25, 0.3) is 0 Å². The van der Waals surface area contributed by atoms with Gasteiger partial charge in [-0.3, -0.25) is 4.79 Å². The normalized spacial score (nSPS) is 18.0. The molecule has 28 heavy (non-hydrogen) atoms. The fourth-order valence-corrected chi connectivity index (χ4v) is 5.60. The fourth-order valence-electron chi connectivity index (χ4n) is 3.23. The summed E-state index contributed by atoms with van der Waals surface area (Å²) in [6.07, 6.45) is 1.28. The van der Waals surface area contributed by atoms with Gasteiger partial charge >= 0.3 is 0 Å². The molecule has 1 amide bonds. The zero-order chi connectivity index (χ0) is 20.3. The minimum atomic E-state index is -3.64. The van der Waals surface area contributed by atoms with Gasteiger partial charge in [0.25, 0.3) is 0 Å². The highest BCUT2D eigenvalue weighted by Crippen LogP contribution is 2.29. The first-order chi connectivity index (χ1) is 13.3. The number of hydrogen-bond acceptors (Lipinski definition) is 3. The fraction of sp³-hybridized carbons (Fsp3) is 0.350. The van der Waals surface area contributed by atoms with E-state index in [1.807, 2.05) is 31.2 Å². The van der Waals surface area contributed by atoms with Gasteiger partial charge in [-0.1, -0.05) is 47.0 Å². The molecule has 0 aromatic heterocycles. The Balaban J connectivity index is 1.69. The van der Waals surface area contributed by atoms with Gasteiger partial charge in [-0.15, -0.1) is 0 Å². The SMILES string of the molecule is Cc1ccc(NC(=O)C2CCCN(S(=O)(=O)Cc3c(Cl)cccc3Cl)C2)cc1. The van der Waals surface area contributed by atoms with E-state index in [0.29, 0.717) is 40.7 Å². The summed E-state index contributed by atoms with van der Waals surface area (Å²) in [5, 5.41) is 3.52. The van der Waals surface area contributed by atoms with Crippen LogP contribution in [-0.4, -0.2) is 31.7 Å². The lowest BCUT2D eigenvalue weighted by atomic mass is 9.98. The van der Waals surface area contributed by atoms with Gasteiger partial charge in [0.05, 0.1) is 11.7 Å². The maximum absolute atomic E-state index is 12.9. The van der Waals surface area contributed by atoms with Gasteiger partial charge in [-0.05, 0) is 44.0 Å². The third-order valence-corrected chi connectivity index (χ3v) is 7.34. The molecule has 2 aromatic rings. The molecule has 150 valence electrons. The van der Waals surface area contributed by atoms with E-state index < -0.39 is 15.9 Å². The molecule has 1 aliphatic rings. The topological polar surface area (TPSA) is 66.5 Å². The van der Waals surface area contributed by atoms with Crippen LogP contribution in [0.5, 0.6) is 0 Å². The quantitative estimate of drug-likeness (QED) is 0.744. The van der Waals surface area contributed by atoms with Gasteiger partial charge in [0, 0.05) is 34.4 Å². The van der Waals surface area contributed by atoms with E-state index in [1.165, 1.54) is 4.31 Å². The molecular weight excluding hydrogens is 419 g/mol. The highest BCUT2D eigenvalue weighted by molar-refractivity contribution is 7.88. The average molecular weight is 441 g/mol. The van der Waals surface area contributed by atoms with Crippen molar-refractivity contribution in [3.8, 4) is 0 Å². The molecule has 1 unspecified atom stereocenters. The molecule has 1 aliphatic heterocycles. The van der Waals surface area contributed by atoms with E-state index in [-0.39, 0.29) is 18.2 Å². The Bertz CT molecular complexity index is 942. The number of nitrogens with one attached hydrogen (secondary N) is 1. The number of amides is 1. The lowest BCUT2D eigenvalue weighted by Gasteiger charge is -2.31. The number of carbonyl (C=O) groups is 1. The molecule has 0 aliphatic carbocycles. The van der Waals surface area contributed by atoms with E-state index in [1.54, 1.807) is 18.2 Å². The van der Waals surface area contributed by atoms with Crippen LogP contribution in [0.1, 0.15) is 24.0 Å². The summed E-state index contributed by atoms with van der Waals surface area (Å²) in [6, 6.07) is 12.4. The molecule has 0 radical (unpaired) electrons. The number of anilines is 1. The summed E-state index contributed by atoms with van der Waals surface area (Å²) in [5.74, 6) is -0.844. The highest BCUT2D eigenvalue weighted by atomic mass is 35.5. The van der Waals surface area contributed by atoms with Gasteiger partial charge in [-0.2, -0.15) is 0 Å². The van der Waals surface area contributed by atoms with Crippen molar-refractivity contribution in [2.45, 2.75) is 25.5 Å². The van der Waals surface area contributed by atoms with Gasteiger partial charge in [0.1, 0.15) is 0 Å². The van der Waals surface area contributed by atoms with Crippen LogP contribution in [0.15, 0.2) is 42.5 Å². The van der Waals surface area contributed by atoms with E-state index in [2.05, 4.69) is 5.32 Å². The van der Waals surface area contributed by atoms with Crippen molar-refractivity contribution in [1.82, 2.24) is 4.31 Å². The maximum Gasteiger partial charge on any atom is 0.228 e. The number of rotatable bonds is 5. The first-order valence-corrected chi connectivity index (χ1v) is 11.4. The van der Waals surface area contributed by atoms with Gasteiger partial charge in [0.15, 0.2) is 0 Å². The molecule has 0 saturated carbocycles. The second kappa shape index (κ2) is 8.82. The summed E-state index contributed by atoms with van der Waals surface area (Å²) >= 11 is 12.2. The number of benzene rings is 2. The molecule has 0 spiro atoms. The number of aryl methyl sites for hydroxylation is 1. The molecule has 1 fully saturated rings. The Hall–Kier alpha value is -1.60. The number of sulfonamides is 1. The molecule has 3 rings (SSSR count). The number of hydrogen-bond donors (Lipinski definition) is 1. The third kappa shape index (κ3) is 5.06. The predicted molar refractivity (Wildman–Crippen MR) is 113 cm³/mol. The molecule has 2 aromatic carbocycles. The van der Waals surface area contributed by atoms with Crippen molar-refractivity contribution in [2.75, 3.05) is 18.4 Å². The van der Waals surface area contributed by atoms with E-state index in [4.69, 9.17) is 23.2 Å². The van der Waals surface area contributed by atoms with Crippen LogP contribution in [0.2, 0.25) is 10.0 Å². The van der Waals surface area contributed by atoms with Crippen LogP contribution >= 0.6 is 23.2 Å². The lowest BCUT2D eigenvalue weighted by molar-refractivity contribution is -0.120. The number of piperidine rings is 1. The summed E-state index contributed by atoms with van der Waals surface area (Å²) in [7, 11) is -3.64. The first-order valence-electron chi connectivity index (χ1n) is 9.04. The van der Waals surface area contributed by atoms with Crippen molar-refractivity contribution >= 4 is 44.8 Å². The Kier molecular flexibility index (Phi) is 6.65. The van der Waals surface area contributed by atoms with Crippen LogP contribution in [0, 0.1) is 12.8 Å². The third-order valence-electron chi connectivity index (χ3n) is 4.86. The van der Waals surface area contributed by atoms with E-state index >= 15 is 0 Å². The van der Waals surface area contributed by atoms with Crippen molar-refractivity contribution in [3.63, 3.8) is 0 Å². The highest BCUT2D eigenvalue weighted by Gasteiger charge is 2.33. The number of nitrogens with zero attached hydrogens (tertiary/aromatic N) is 1. The monoisotopic (exact) mass is 440 g/mol. The maximum atomic E-state index is 12.9. The molecule has 1 heterocycles. The standard InChI is InChI=1S/C20H22Cl2N2O3S/c1-14-7-9-16(10-8-14)23-20(25)15-4-3-11-24(12-15)28(26,27)13-17-18(21)5-2-6-19(17)22/h2,5-10,15H,3-4,11-13H2,1H3,(H,23,25). The minimum absolute atomic E-state index is 0.155. The molecule has 1 atom stereocenters. The van der Waals surface area contributed by atoms with Gasteiger partial charge < -0.3 is 5.32 Å². The van der Waals surface area contributed by atoms with Crippen LogP contribution in [0.4, 0.5) is 5.69 Å². The van der Waals surface area contributed by atoms with Crippen molar-refractivity contribution in [3.05, 3.63) is 63.6 Å². The molecule has 8 heteroatoms. The zero-order valence-electron chi connectivity index (χ0n) is 15.5. The Morgan fingerprint density at radius 3 is 2.43 bits per heavy atom. The smallest absolute Gasteiger partial charge is 0.228 e. The van der Waals surface area contributed by atoms with Crippen LogP contribution < -0.4 is 5.32 Å². The number of carbonyl (C=O) groups excluding carboxylic acids is 1. The second-order valence-electron chi connectivity index (χ2n) is 7.01. The lowest BCUT2D eigenvalue weighted by Crippen LogP contribution is -2.44. The van der Waals surface area contributed by atoms with Crippen LogP contribution in [0.3, 0.4) is 0 Å². The van der Waals surface area contributed by atoms with Crippen LogP contribution in [-0.2, 0) is 20.6 Å². The Labute approximate surface area is 175 Å². The van der Waals surface area contributed by atoms with E-state index in [9.17, 15) is 13.2 Å². The molecule has 1 saturated heterocycles. The molecule has 5 nitrogen and oxygen atoms in total. The predicted octanol–water partition coefficient (Wildman–Crippen LogP) is 4.48. The molecule has 1 N–H and O–H groups in total. The second-order valence-corrected chi connectivity index (χ2v) is 9.79.